The van der Waals surface area contributed by atoms with Crippen LogP contribution in [0.3, 0.4) is 0 Å². The van der Waals surface area contributed by atoms with Crippen molar-refractivity contribution in [2.45, 2.75) is 26.2 Å². The van der Waals surface area contributed by atoms with E-state index in [4.69, 9.17) is 0 Å². The van der Waals surface area contributed by atoms with Crippen LogP contribution in [-0.2, 0) is 17.6 Å². The van der Waals surface area contributed by atoms with Crippen molar-refractivity contribution in [2.75, 3.05) is 5.32 Å². The van der Waals surface area contributed by atoms with Crippen molar-refractivity contribution in [1.82, 2.24) is 4.98 Å². The Labute approximate surface area is 139 Å². The van der Waals surface area contributed by atoms with Gasteiger partial charge < -0.3 is 10.3 Å². The van der Waals surface area contributed by atoms with E-state index in [1.807, 2.05) is 31.2 Å². The molecule has 24 heavy (non-hydrogen) atoms. The number of benzene rings is 2. The normalized spacial score (nSPS) is 16.8. The number of carbonyl (C=O) groups excluding carboxylic acids is 1. The summed E-state index contributed by atoms with van der Waals surface area (Å²) in [5.74, 6) is -0.284. The summed E-state index contributed by atoms with van der Waals surface area (Å²) in [7, 11) is 0. The molecule has 2 N–H and O–H groups in total. The van der Waals surface area contributed by atoms with Gasteiger partial charge in [0, 0.05) is 28.2 Å². The lowest BCUT2D eigenvalue weighted by atomic mass is 9.85. The molecular weight excluding hydrogens is 303 g/mol. The number of amides is 1. The first-order valence-corrected chi connectivity index (χ1v) is 8.26. The van der Waals surface area contributed by atoms with Gasteiger partial charge in [0.2, 0.25) is 5.91 Å². The summed E-state index contributed by atoms with van der Waals surface area (Å²) >= 11 is 0. The number of H-pyrrole nitrogens is 1. The standard InChI is InChI=1S/C20H19FN2O/c1-12-3-2-4-15(9-12)22-20(24)13-5-7-18-16(10-13)17-11-14(21)6-8-19(17)23-18/h2-4,6,8-9,11,13,23H,5,7,10H2,1H3,(H,22,24). The van der Waals surface area contributed by atoms with Crippen LogP contribution in [0.5, 0.6) is 0 Å². The summed E-state index contributed by atoms with van der Waals surface area (Å²) in [6.45, 7) is 2.00. The maximum Gasteiger partial charge on any atom is 0.227 e. The summed E-state index contributed by atoms with van der Waals surface area (Å²) in [5, 5.41) is 3.91. The Balaban J connectivity index is 1.58. The first kappa shape index (κ1) is 14.9. The minimum absolute atomic E-state index is 0.0389. The molecule has 4 heteroatoms. The lowest BCUT2D eigenvalue weighted by Gasteiger charge is -2.22. The van der Waals surface area contributed by atoms with Gasteiger partial charge in [-0.2, -0.15) is 0 Å². The van der Waals surface area contributed by atoms with Crippen molar-refractivity contribution in [2.24, 2.45) is 5.92 Å². The number of aryl methyl sites for hydroxylation is 2. The first-order chi connectivity index (χ1) is 11.6. The molecule has 2 aromatic carbocycles. The largest absolute Gasteiger partial charge is 0.358 e. The van der Waals surface area contributed by atoms with E-state index in [9.17, 15) is 9.18 Å². The number of hydrogen-bond donors (Lipinski definition) is 2. The summed E-state index contributed by atoms with van der Waals surface area (Å²) in [4.78, 5) is 16.0. The second-order valence-electron chi connectivity index (χ2n) is 6.57. The maximum absolute atomic E-state index is 13.6. The fourth-order valence-electron chi connectivity index (χ4n) is 3.58. The average Bonchev–Trinajstić information content (AvgIpc) is 2.92. The van der Waals surface area contributed by atoms with Crippen LogP contribution in [-0.4, -0.2) is 10.9 Å². The van der Waals surface area contributed by atoms with Crippen LogP contribution in [0.1, 0.15) is 23.2 Å². The minimum atomic E-state index is -0.240. The fourth-order valence-corrected chi connectivity index (χ4v) is 3.58. The highest BCUT2D eigenvalue weighted by molar-refractivity contribution is 5.94. The third-order valence-electron chi connectivity index (χ3n) is 4.81. The Bertz CT molecular complexity index is 929. The molecule has 122 valence electrons. The highest BCUT2D eigenvalue weighted by Gasteiger charge is 2.27. The molecule has 0 spiro atoms. The second-order valence-corrected chi connectivity index (χ2v) is 6.57. The van der Waals surface area contributed by atoms with Crippen LogP contribution < -0.4 is 5.32 Å². The van der Waals surface area contributed by atoms with Gasteiger partial charge in [-0.1, -0.05) is 12.1 Å². The van der Waals surface area contributed by atoms with E-state index in [1.165, 1.54) is 6.07 Å². The molecule has 1 aromatic heterocycles. The number of fused-ring (bicyclic) bond motifs is 3. The number of aromatic nitrogens is 1. The van der Waals surface area contributed by atoms with Gasteiger partial charge in [-0.05, 0) is 67.6 Å². The Morgan fingerprint density at radius 3 is 2.96 bits per heavy atom. The van der Waals surface area contributed by atoms with Crippen molar-refractivity contribution in [1.29, 1.82) is 0 Å². The van der Waals surface area contributed by atoms with Gasteiger partial charge in [-0.15, -0.1) is 0 Å². The predicted octanol–water partition coefficient (Wildman–Crippen LogP) is 4.36. The van der Waals surface area contributed by atoms with Crippen LogP contribution in [0.15, 0.2) is 42.5 Å². The molecule has 3 nitrogen and oxygen atoms in total. The highest BCUT2D eigenvalue weighted by Crippen LogP contribution is 2.32. The zero-order valence-corrected chi connectivity index (χ0v) is 13.5. The maximum atomic E-state index is 13.6. The highest BCUT2D eigenvalue weighted by atomic mass is 19.1. The van der Waals surface area contributed by atoms with Gasteiger partial charge in [-0.3, -0.25) is 4.79 Å². The number of anilines is 1. The van der Waals surface area contributed by atoms with Crippen LogP contribution in [0, 0.1) is 18.7 Å². The molecule has 0 fully saturated rings. The van der Waals surface area contributed by atoms with E-state index in [0.29, 0.717) is 6.42 Å². The van der Waals surface area contributed by atoms with Crippen molar-refractivity contribution in [3.63, 3.8) is 0 Å². The van der Waals surface area contributed by atoms with Gasteiger partial charge in [-0.25, -0.2) is 4.39 Å². The zero-order valence-electron chi connectivity index (χ0n) is 13.5. The molecule has 3 aromatic rings. The number of halogens is 1. The predicted molar refractivity (Wildman–Crippen MR) is 93.6 cm³/mol. The smallest absolute Gasteiger partial charge is 0.227 e. The van der Waals surface area contributed by atoms with Crippen LogP contribution in [0.2, 0.25) is 0 Å². The molecule has 0 aliphatic heterocycles. The van der Waals surface area contributed by atoms with E-state index in [1.54, 1.807) is 12.1 Å². The van der Waals surface area contributed by atoms with Gasteiger partial charge in [0.15, 0.2) is 0 Å². The number of nitrogens with one attached hydrogen (secondary N) is 2. The molecule has 1 unspecified atom stereocenters. The summed E-state index contributed by atoms with van der Waals surface area (Å²) in [6, 6.07) is 12.6. The number of aromatic amines is 1. The molecule has 1 aliphatic rings. The molecule has 0 radical (unpaired) electrons. The van der Waals surface area contributed by atoms with Gasteiger partial charge in [0.25, 0.3) is 0 Å². The molecule has 1 amide bonds. The average molecular weight is 322 g/mol. The summed E-state index contributed by atoms with van der Waals surface area (Å²) in [6.07, 6.45) is 2.27. The van der Waals surface area contributed by atoms with E-state index in [2.05, 4.69) is 10.3 Å². The quantitative estimate of drug-likeness (QED) is 0.723. The van der Waals surface area contributed by atoms with E-state index in [0.717, 1.165) is 46.3 Å². The monoisotopic (exact) mass is 322 g/mol. The fraction of sp³-hybridized carbons (Fsp3) is 0.250. The molecular formula is C20H19FN2O. The number of rotatable bonds is 2. The molecule has 1 aliphatic carbocycles. The van der Waals surface area contributed by atoms with Crippen LogP contribution >= 0.6 is 0 Å². The number of hydrogen-bond acceptors (Lipinski definition) is 1. The van der Waals surface area contributed by atoms with Crippen LogP contribution in [0.4, 0.5) is 10.1 Å². The molecule has 1 atom stereocenters. The van der Waals surface area contributed by atoms with Gasteiger partial charge in [0.05, 0.1) is 0 Å². The lowest BCUT2D eigenvalue weighted by Crippen LogP contribution is -2.28. The van der Waals surface area contributed by atoms with E-state index in [-0.39, 0.29) is 17.6 Å². The number of carbonyl (C=O) groups is 1. The van der Waals surface area contributed by atoms with E-state index >= 15 is 0 Å². The molecule has 1 heterocycles. The Kier molecular flexibility index (Phi) is 3.60. The molecule has 0 bridgehead atoms. The van der Waals surface area contributed by atoms with Crippen molar-refractivity contribution >= 4 is 22.5 Å². The Hall–Kier alpha value is -2.62. The third-order valence-corrected chi connectivity index (χ3v) is 4.81. The van der Waals surface area contributed by atoms with Gasteiger partial charge in [0.1, 0.15) is 5.82 Å². The van der Waals surface area contributed by atoms with Crippen LogP contribution in [0.25, 0.3) is 10.9 Å². The zero-order chi connectivity index (χ0) is 16.7. The second kappa shape index (κ2) is 5.78. The SMILES string of the molecule is Cc1cccc(NC(=O)C2CCc3[nH]c4ccc(F)cc4c3C2)c1. The van der Waals surface area contributed by atoms with Crippen molar-refractivity contribution in [3.8, 4) is 0 Å². The van der Waals surface area contributed by atoms with Gasteiger partial charge >= 0.3 is 0 Å². The minimum Gasteiger partial charge on any atom is -0.358 e. The molecule has 0 saturated heterocycles. The summed E-state index contributed by atoms with van der Waals surface area (Å²) < 4.78 is 13.6. The Morgan fingerprint density at radius 1 is 1.25 bits per heavy atom. The Morgan fingerprint density at radius 2 is 2.12 bits per heavy atom. The lowest BCUT2D eigenvalue weighted by molar-refractivity contribution is -0.120. The topological polar surface area (TPSA) is 44.9 Å². The molecule has 4 rings (SSSR count). The van der Waals surface area contributed by atoms with Crippen molar-refractivity contribution < 1.29 is 9.18 Å². The third kappa shape index (κ3) is 2.68. The van der Waals surface area contributed by atoms with Crippen molar-refractivity contribution in [3.05, 3.63) is 65.1 Å². The molecule has 0 saturated carbocycles. The summed E-state index contributed by atoms with van der Waals surface area (Å²) in [5.41, 5.74) is 5.11. The first-order valence-electron chi connectivity index (χ1n) is 8.26. The van der Waals surface area contributed by atoms with E-state index < -0.39 is 0 Å².